The number of pyridine rings is 1. The van der Waals surface area contributed by atoms with Crippen molar-refractivity contribution in [3.63, 3.8) is 0 Å². The van der Waals surface area contributed by atoms with Gasteiger partial charge in [0.15, 0.2) is 11.6 Å². The van der Waals surface area contributed by atoms with E-state index in [1.807, 2.05) is 31.2 Å². The summed E-state index contributed by atoms with van der Waals surface area (Å²) in [4.78, 5) is 17.6. The van der Waals surface area contributed by atoms with Gasteiger partial charge in [0.25, 0.3) is 5.91 Å². The van der Waals surface area contributed by atoms with E-state index in [2.05, 4.69) is 10.3 Å². The second kappa shape index (κ2) is 7.90. The molecule has 0 aliphatic heterocycles. The quantitative estimate of drug-likeness (QED) is 0.635. The summed E-state index contributed by atoms with van der Waals surface area (Å²) in [5, 5.41) is 4.20. The Morgan fingerprint density at radius 3 is 2.59 bits per heavy atom. The predicted molar refractivity (Wildman–Crippen MR) is 110 cm³/mol. The van der Waals surface area contributed by atoms with Gasteiger partial charge in [-0.05, 0) is 55.5 Å². The van der Waals surface area contributed by atoms with Gasteiger partial charge in [0, 0.05) is 17.1 Å². The Kier molecular flexibility index (Phi) is 5.31. The zero-order valence-corrected chi connectivity index (χ0v) is 16.5. The number of para-hydroxylation sites is 1. The van der Waals surface area contributed by atoms with Crippen LogP contribution in [0, 0.1) is 18.6 Å². The molecule has 1 N–H and O–H groups in total. The molecule has 4 rings (SSSR count). The lowest BCUT2D eigenvalue weighted by atomic mass is 9.77. The molecule has 29 heavy (non-hydrogen) atoms. The van der Waals surface area contributed by atoms with Gasteiger partial charge in [0.2, 0.25) is 0 Å². The Balaban J connectivity index is 1.63. The SMILES string of the molecule is Cc1c(C(=O)NC2(Cc3ccc(F)c(F)c3)CCCCC2)cnc2ccccc12. The van der Waals surface area contributed by atoms with Gasteiger partial charge in [-0.3, -0.25) is 9.78 Å². The minimum Gasteiger partial charge on any atom is -0.346 e. The number of nitrogens with zero attached hydrogens (tertiary/aromatic N) is 1. The summed E-state index contributed by atoms with van der Waals surface area (Å²) in [5.41, 5.74) is 2.54. The summed E-state index contributed by atoms with van der Waals surface area (Å²) in [6, 6.07) is 11.7. The number of fused-ring (bicyclic) bond motifs is 1. The van der Waals surface area contributed by atoms with Crippen LogP contribution < -0.4 is 5.32 Å². The highest BCUT2D eigenvalue weighted by molar-refractivity contribution is 6.00. The lowest BCUT2D eigenvalue weighted by molar-refractivity contribution is 0.0867. The molecule has 3 aromatic rings. The largest absolute Gasteiger partial charge is 0.346 e. The third kappa shape index (κ3) is 4.00. The van der Waals surface area contributed by atoms with Gasteiger partial charge in [0.05, 0.1) is 11.1 Å². The van der Waals surface area contributed by atoms with E-state index < -0.39 is 17.2 Å². The van der Waals surface area contributed by atoms with Crippen LogP contribution >= 0.6 is 0 Å². The van der Waals surface area contributed by atoms with Crippen molar-refractivity contribution >= 4 is 16.8 Å². The molecular weight excluding hydrogens is 370 g/mol. The first-order chi connectivity index (χ1) is 14.0. The molecule has 0 radical (unpaired) electrons. The number of amides is 1. The number of carbonyl (C=O) groups is 1. The molecule has 1 aromatic heterocycles. The van der Waals surface area contributed by atoms with Crippen LogP contribution in [0.2, 0.25) is 0 Å². The molecule has 1 saturated carbocycles. The molecule has 0 bridgehead atoms. The fourth-order valence-electron chi connectivity index (χ4n) is 4.43. The van der Waals surface area contributed by atoms with Crippen molar-refractivity contribution in [3.05, 3.63) is 77.0 Å². The molecule has 1 amide bonds. The molecule has 1 fully saturated rings. The van der Waals surface area contributed by atoms with Crippen LogP contribution in [0.15, 0.2) is 48.7 Å². The highest BCUT2D eigenvalue weighted by Gasteiger charge is 2.34. The van der Waals surface area contributed by atoms with Crippen molar-refractivity contribution in [2.45, 2.75) is 51.0 Å². The van der Waals surface area contributed by atoms with Crippen LogP contribution in [0.3, 0.4) is 0 Å². The molecule has 150 valence electrons. The zero-order valence-electron chi connectivity index (χ0n) is 16.5. The normalized spacial score (nSPS) is 16.0. The van der Waals surface area contributed by atoms with E-state index in [1.165, 1.54) is 6.07 Å². The first-order valence-electron chi connectivity index (χ1n) is 10.1. The van der Waals surface area contributed by atoms with Crippen LogP contribution in [0.1, 0.15) is 53.6 Å². The van der Waals surface area contributed by atoms with Gasteiger partial charge in [-0.2, -0.15) is 0 Å². The van der Waals surface area contributed by atoms with E-state index in [0.29, 0.717) is 17.5 Å². The Labute approximate surface area is 169 Å². The molecule has 5 heteroatoms. The fraction of sp³-hybridized carbons (Fsp3) is 0.333. The summed E-state index contributed by atoms with van der Waals surface area (Å²) in [7, 11) is 0. The van der Waals surface area contributed by atoms with E-state index >= 15 is 0 Å². The van der Waals surface area contributed by atoms with E-state index in [4.69, 9.17) is 0 Å². The molecule has 0 saturated heterocycles. The highest BCUT2D eigenvalue weighted by Crippen LogP contribution is 2.32. The van der Waals surface area contributed by atoms with Crippen molar-refractivity contribution in [1.82, 2.24) is 10.3 Å². The molecule has 1 aliphatic rings. The Hall–Kier alpha value is -2.82. The molecular formula is C24H24F2N2O. The molecule has 0 atom stereocenters. The number of carbonyl (C=O) groups excluding carboxylic acids is 1. The minimum atomic E-state index is -0.853. The standard InChI is InChI=1S/C24H24F2N2O/c1-16-18-7-3-4-8-22(18)27-15-19(16)23(29)28-24(11-5-2-6-12-24)14-17-9-10-20(25)21(26)13-17/h3-4,7-10,13,15H,2,5-6,11-12,14H2,1H3,(H,28,29). The van der Waals surface area contributed by atoms with Crippen molar-refractivity contribution < 1.29 is 13.6 Å². The number of benzene rings is 2. The number of aryl methyl sites for hydroxylation is 1. The van der Waals surface area contributed by atoms with E-state index in [-0.39, 0.29) is 5.91 Å². The first-order valence-corrected chi connectivity index (χ1v) is 10.1. The summed E-state index contributed by atoms with van der Waals surface area (Å²) in [5.74, 6) is -1.87. The second-order valence-electron chi connectivity index (χ2n) is 8.03. The Morgan fingerprint density at radius 1 is 1.07 bits per heavy atom. The van der Waals surface area contributed by atoms with Crippen molar-refractivity contribution in [1.29, 1.82) is 0 Å². The zero-order chi connectivity index (χ0) is 20.4. The lowest BCUT2D eigenvalue weighted by Gasteiger charge is -2.38. The molecule has 2 aromatic carbocycles. The van der Waals surface area contributed by atoms with Crippen molar-refractivity contribution in [2.75, 3.05) is 0 Å². The van der Waals surface area contributed by atoms with Gasteiger partial charge in [-0.25, -0.2) is 8.78 Å². The Bertz CT molecular complexity index is 1060. The summed E-state index contributed by atoms with van der Waals surface area (Å²) >= 11 is 0. The molecule has 1 heterocycles. The molecule has 1 aliphatic carbocycles. The van der Waals surface area contributed by atoms with Crippen molar-refractivity contribution in [2.24, 2.45) is 0 Å². The number of halogens is 2. The predicted octanol–water partition coefficient (Wildman–Crippen LogP) is 5.50. The van der Waals surface area contributed by atoms with E-state index in [0.717, 1.165) is 54.6 Å². The maximum atomic E-state index is 13.7. The van der Waals surface area contributed by atoms with Gasteiger partial charge in [0.1, 0.15) is 0 Å². The summed E-state index contributed by atoms with van der Waals surface area (Å²) in [6.45, 7) is 1.93. The summed E-state index contributed by atoms with van der Waals surface area (Å²) in [6.07, 6.45) is 6.86. The third-order valence-electron chi connectivity index (χ3n) is 6.01. The smallest absolute Gasteiger partial charge is 0.253 e. The van der Waals surface area contributed by atoms with E-state index in [9.17, 15) is 13.6 Å². The molecule has 3 nitrogen and oxygen atoms in total. The third-order valence-corrected chi connectivity index (χ3v) is 6.01. The fourth-order valence-corrected chi connectivity index (χ4v) is 4.43. The number of aromatic nitrogens is 1. The molecule has 0 unspecified atom stereocenters. The maximum Gasteiger partial charge on any atom is 0.253 e. The van der Waals surface area contributed by atoms with Crippen LogP contribution in [-0.4, -0.2) is 16.4 Å². The van der Waals surface area contributed by atoms with Crippen LogP contribution in [0.25, 0.3) is 10.9 Å². The maximum absolute atomic E-state index is 13.7. The number of hydrogen-bond donors (Lipinski definition) is 1. The van der Waals surface area contributed by atoms with Crippen LogP contribution in [0.4, 0.5) is 8.78 Å². The topological polar surface area (TPSA) is 42.0 Å². The van der Waals surface area contributed by atoms with Gasteiger partial charge >= 0.3 is 0 Å². The van der Waals surface area contributed by atoms with E-state index in [1.54, 1.807) is 12.3 Å². The molecule has 0 spiro atoms. The summed E-state index contributed by atoms with van der Waals surface area (Å²) < 4.78 is 27.0. The second-order valence-corrected chi connectivity index (χ2v) is 8.03. The average Bonchev–Trinajstić information content (AvgIpc) is 2.72. The van der Waals surface area contributed by atoms with Crippen molar-refractivity contribution in [3.8, 4) is 0 Å². The van der Waals surface area contributed by atoms with Gasteiger partial charge in [-0.15, -0.1) is 0 Å². The first kappa shape index (κ1) is 19.5. The van der Waals surface area contributed by atoms with Crippen LogP contribution in [0.5, 0.6) is 0 Å². The minimum absolute atomic E-state index is 0.162. The van der Waals surface area contributed by atoms with Crippen LogP contribution in [-0.2, 0) is 6.42 Å². The average molecular weight is 394 g/mol. The van der Waals surface area contributed by atoms with Gasteiger partial charge < -0.3 is 5.32 Å². The Morgan fingerprint density at radius 2 is 1.83 bits per heavy atom. The number of nitrogens with one attached hydrogen (secondary N) is 1. The van der Waals surface area contributed by atoms with Gasteiger partial charge in [-0.1, -0.05) is 43.5 Å². The number of hydrogen-bond acceptors (Lipinski definition) is 2. The number of rotatable bonds is 4. The lowest BCUT2D eigenvalue weighted by Crippen LogP contribution is -2.51. The highest BCUT2D eigenvalue weighted by atomic mass is 19.2. The monoisotopic (exact) mass is 394 g/mol.